The zero-order valence-corrected chi connectivity index (χ0v) is 14.3. The summed E-state index contributed by atoms with van der Waals surface area (Å²) in [6.07, 6.45) is -2.55. The minimum atomic E-state index is -4.45. The van der Waals surface area contributed by atoms with Gasteiger partial charge in [-0.2, -0.15) is 13.2 Å². The quantitative estimate of drug-likeness (QED) is 0.624. The molecule has 1 saturated heterocycles. The molecule has 1 unspecified atom stereocenters. The van der Waals surface area contributed by atoms with Crippen LogP contribution in [-0.4, -0.2) is 29.2 Å². The summed E-state index contributed by atoms with van der Waals surface area (Å²) in [5.41, 5.74) is -0.733. The molecule has 1 atom stereocenters. The van der Waals surface area contributed by atoms with Crippen molar-refractivity contribution in [3.05, 3.63) is 33.8 Å². The van der Waals surface area contributed by atoms with Crippen LogP contribution in [0.1, 0.15) is 28.8 Å². The number of alkyl halides is 4. The predicted molar refractivity (Wildman–Crippen MR) is 81.6 cm³/mol. The second kappa shape index (κ2) is 6.69. The molecular formula is C14H14Br2F3NO. The van der Waals surface area contributed by atoms with Gasteiger partial charge in [0.1, 0.15) is 0 Å². The maximum atomic E-state index is 12.8. The van der Waals surface area contributed by atoms with Crippen LogP contribution in [0.25, 0.3) is 0 Å². The number of carbonyl (C=O) groups is 1. The Morgan fingerprint density at radius 1 is 1.38 bits per heavy atom. The van der Waals surface area contributed by atoms with Gasteiger partial charge in [0, 0.05) is 22.9 Å². The lowest BCUT2D eigenvalue weighted by Crippen LogP contribution is -2.40. The van der Waals surface area contributed by atoms with E-state index in [4.69, 9.17) is 0 Å². The van der Waals surface area contributed by atoms with Crippen LogP contribution in [0.15, 0.2) is 22.7 Å². The van der Waals surface area contributed by atoms with Gasteiger partial charge in [-0.3, -0.25) is 4.79 Å². The van der Waals surface area contributed by atoms with Crippen LogP contribution in [0.2, 0.25) is 0 Å². The molecule has 1 heterocycles. The van der Waals surface area contributed by atoms with Crippen molar-refractivity contribution in [2.75, 3.05) is 18.4 Å². The number of amides is 1. The molecule has 1 aliphatic heterocycles. The number of rotatable bonds is 2. The van der Waals surface area contributed by atoms with Crippen molar-refractivity contribution in [2.45, 2.75) is 19.0 Å². The standard InChI is InChI=1S/C14H14Br2F3NO/c15-7-9-2-1-5-20(8-9)13(21)11-6-10(14(17,18)19)3-4-12(11)16/h3-4,6,9H,1-2,5,7-8H2. The van der Waals surface area contributed by atoms with Gasteiger partial charge in [0.2, 0.25) is 0 Å². The fraction of sp³-hybridized carbons (Fsp3) is 0.500. The lowest BCUT2D eigenvalue weighted by molar-refractivity contribution is -0.137. The molecule has 0 saturated carbocycles. The number of hydrogen-bond acceptors (Lipinski definition) is 1. The third kappa shape index (κ3) is 4.00. The zero-order valence-electron chi connectivity index (χ0n) is 11.1. The highest BCUT2D eigenvalue weighted by molar-refractivity contribution is 9.10. The first kappa shape index (κ1) is 16.8. The van der Waals surface area contributed by atoms with Gasteiger partial charge in [0.25, 0.3) is 5.91 Å². The van der Waals surface area contributed by atoms with Crippen LogP contribution in [0.5, 0.6) is 0 Å². The summed E-state index contributed by atoms with van der Waals surface area (Å²) in [5, 5.41) is 0.792. The van der Waals surface area contributed by atoms with E-state index in [-0.39, 0.29) is 11.5 Å². The second-order valence-electron chi connectivity index (χ2n) is 5.11. The maximum Gasteiger partial charge on any atom is 0.416 e. The number of halogens is 5. The normalized spacial score (nSPS) is 19.7. The summed E-state index contributed by atoms with van der Waals surface area (Å²) in [6, 6.07) is 3.17. The summed E-state index contributed by atoms with van der Waals surface area (Å²) in [4.78, 5) is 14.1. The lowest BCUT2D eigenvalue weighted by Gasteiger charge is -2.32. The number of hydrogen-bond donors (Lipinski definition) is 0. The van der Waals surface area contributed by atoms with Crippen LogP contribution in [0.3, 0.4) is 0 Å². The summed E-state index contributed by atoms with van der Waals surface area (Å²) < 4.78 is 38.7. The average molecular weight is 429 g/mol. The summed E-state index contributed by atoms with van der Waals surface area (Å²) >= 11 is 6.57. The van der Waals surface area contributed by atoms with Gasteiger partial charge in [0.15, 0.2) is 0 Å². The molecule has 1 aliphatic rings. The number of piperidine rings is 1. The van der Waals surface area contributed by atoms with Gasteiger partial charge in [0.05, 0.1) is 11.1 Å². The number of likely N-dealkylation sites (tertiary alicyclic amines) is 1. The number of benzene rings is 1. The molecule has 1 aromatic carbocycles. The minimum absolute atomic E-state index is 0.0695. The smallest absolute Gasteiger partial charge is 0.338 e. The van der Waals surface area contributed by atoms with Gasteiger partial charge < -0.3 is 4.90 Å². The molecule has 1 aromatic rings. The Labute approximate surface area is 137 Å². The van der Waals surface area contributed by atoms with E-state index in [1.807, 2.05) is 0 Å². The molecule has 0 aromatic heterocycles. The molecule has 21 heavy (non-hydrogen) atoms. The predicted octanol–water partition coefficient (Wildman–Crippen LogP) is 4.72. The van der Waals surface area contributed by atoms with Crippen molar-refractivity contribution in [1.29, 1.82) is 0 Å². The Morgan fingerprint density at radius 2 is 2.10 bits per heavy atom. The van der Waals surface area contributed by atoms with E-state index in [1.165, 1.54) is 6.07 Å². The van der Waals surface area contributed by atoms with E-state index < -0.39 is 11.7 Å². The van der Waals surface area contributed by atoms with Gasteiger partial charge in [-0.1, -0.05) is 15.9 Å². The van der Waals surface area contributed by atoms with Crippen molar-refractivity contribution in [3.63, 3.8) is 0 Å². The van der Waals surface area contributed by atoms with Crippen molar-refractivity contribution in [3.8, 4) is 0 Å². The summed E-state index contributed by atoms with van der Waals surface area (Å²) in [5.74, 6) is 0.00546. The Morgan fingerprint density at radius 3 is 2.71 bits per heavy atom. The maximum absolute atomic E-state index is 12.8. The Kier molecular flexibility index (Phi) is 5.35. The highest BCUT2D eigenvalue weighted by atomic mass is 79.9. The first-order valence-electron chi connectivity index (χ1n) is 6.55. The molecule has 1 fully saturated rings. The average Bonchev–Trinajstić information content (AvgIpc) is 2.46. The SMILES string of the molecule is O=C(c1cc(C(F)(F)F)ccc1Br)N1CCCC(CBr)C1. The summed E-state index contributed by atoms with van der Waals surface area (Å²) in [6.45, 7) is 1.16. The van der Waals surface area contributed by atoms with Crippen molar-refractivity contribution < 1.29 is 18.0 Å². The molecule has 0 N–H and O–H groups in total. The topological polar surface area (TPSA) is 20.3 Å². The van der Waals surface area contributed by atoms with Crippen LogP contribution < -0.4 is 0 Å². The van der Waals surface area contributed by atoms with Crippen molar-refractivity contribution in [1.82, 2.24) is 4.90 Å². The molecule has 2 nitrogen and oxygen atoms in total. The highest BCUT2D eigenvalue weighted by Crippen LogP contribution is 2.32. The molecular weight excluding hydrogens is 415 g/mol. The van der Waals surface area contributed by atoms with Gasteiger partial charge in [-0.15, -0.1) is 0 Å². The van der Waals surface area contributed by atoms with Crippen molar-refractivity contribution >= 4 is 37.8 Å². The first-order valence-corrected chi connectivity index (χ1v) is 8.46. The fourth-order valence-electron chi connectivity index (χ4n) is 2.41. The monoisotopic (exact) mass is 427 g/mol. The highest BCUT2D eigenvalue weighted by Gasteiger charge is 2.32. The Hall–Kier alpha value is -0.560. The van der Waals surface area contributed by atoms with Crippen LogP contribution in [0.4, 0.5) is 13.2 Å². The van der Waals surface area contributed by atoms with E-state index in [2.05, 4.69) is 31.9 Å². The largest absolute Gasteiger partial charge is 0.416 e. The van der Waals surface area contributed by atoms with Gasteiger partial charge >= 0.3 is 6.18 Å². The van der Waals surface area contributed by atoms with Gasteiger partial charge in [-0.05, 0) is 52.9 Å². The van der Waals surface area contributed by atoms with Gasteiger partial charge in [-0.25, -0.2) is 0 Å². The van der Waals surface area contributed by atoms with Crippen LogP contribution >= 0.6 is 31.9 Å². The second-order valence-corrected chi connectivity index (χ2v) is 6.61. The van der Waals surface area contributed by atoms with Crippen molar-refractivity contribution in [2.24, 2.45) is 5.92 Å². The molecule has 0 aliphatic carbocycles. The van der Waals surface area contributed by atoms with E-state index in [0.717, 1.165) is 30.3 Å². The molecule has 0 radical (unpaired) electrons. The van der Waals surface area contributed by atoms with Crippen LogP contribution in [0, 0.1) is 5.92 Å². The fourth-order valence-corrected chi connectivity index (χ4v) is 3.36. The minimum Gasteiger partial charge on any atom is -0.338 e. The molecule has 7 heteroatoms. The first-order chi connectivity index (χ1) is 9.82. The number of carbonyl (C=O) groups excluding carboxylic acids is 1. The summed E-state index contributed by atoms with van der Waals surface area (Å²) in [7, 11) is 0. The third-order valence-corrected chi connectivity index (χ3v) is 5.16. The molecule has 0 bridgehead atoms. The van der Waals surface area contributed by atoms with E-state index >= 15 is 0 Å². The number of nitrogens with zero attached hydrogens (tertiary/aromatic N) is 1. The molecule has 0 spiro atoms. The molecule has 1 amide bonds. The Bertz CT molecular complexity index is 533. The van der Waals surface area contributed by atoms with Crippen LogP contribution in [-0.2, 0) is 6.18 Å². The van der Waals surface area contributed by atoms with E-state index in [0.29, 0.717) is 23.5 Å². The zero-order chi connectivity index (χ0) is 15.6. The Balaban J connectivity index is 2.26. The molecule has 2 rings (SSSR count). The third-order valence-electron chi connectivity index (χ3n) is 3.55. The lowest BCUT2D eigenvalue weighted by atomic mass is 9.99. The van der Waals surface area contributed by atoms with E-state index in [1.54, 1.807) is 4.90 Å². The molecule has 116 valence electrons. The van der Waals surface area contributed by atoms with E-state index in [9.17, 15) is 18.0 Å².